The number of aryl methyl sites for hydroxylation is 1. The number of rotatable bonds is 15. The molecule has 0 aliphatic carbocycles. The van der Waals surface area contributed by atoms with Gasteiger partial charge in [-0.15, -0.1) is 6.42 Å². The molecule has 0 saturated carbocycles. The van der Waals surface area contributed by atoms with Gasteiger partial charge in [0.1, 0.15) is 0 Å². The molecule has 0 aromatic heterocycles. The Morgan fingerprint density at radius 2 is 1.56 bits per heavy atom. The molecule has 1 atom stereocenters. The zero-order valence-electron chi connectivity index (χ0n) is 19.3. The summed E-state index contributed by atoms with van der Waals surface area (Å²) in [7, 11) is -4.84. The topological polar surface area (TPSA) is 138 Å². The Balaban J connectivity index is 0. The van der Waals surface area contributed by atoms with Gasteiger partial charge < -0.3 is 14.9 Å². The average molecular weight is 483 g/mol. The van der Waals surface area contributed by atoms with E-state index in [2.05, 4.69) is 32.0 Å². The number of benzene rings is 1. The molecule has 8 nitrogen and oxygen atoms in total. The molecule has 1 rings (SSSR count). The first-order valence-electron chi connectivity index (χ1n) is 10.6. The molecule has 10 heteroatoms. The molecule has 0 aliphatic heterocycles. The average Bonchev–Trinajstić information content (AvgIpc) is 2.70. The molecule has 178 valence electrons. The van der Waals surface area contributed by atoms with Crippen LogP contribution in [0.2, 0.25) is 0 Å². The van der Waals surface area contributed by atoms with Gasteiger partial charge in [-0.1, -0.05) is 70.6 Å². The normalized spacial score (nSPS) is 11.5. The van der Waals surface area contributed by atoms with E-state index in [0.29, 0.717) is 0 Å². The summed E-state index contributed by atoms with van der Waals surface area (Å²) in [5, 5.41) is 13.9. The van der Waals surface area contributed by atoms with Gasteiger partial charge in [-0.2, -0.15) is 15.0 Å². The van der Waals surface area contributed by atoms with Crippen molar-refractivity contribution in [1.29, 1.82) is 0 Å². The molecule has 3 N–H and O–H groups in total. The second kappa shape index (κ2) is 19.3. The van der Waals surface area contributed by atoms with E-state index in [1.807, 2.05) is 12.7 Å². The molecule has 32 heavy (non-hydrogen) atoms. The Morgan fingerprint density at radius 1 is 1.00 bits per heavy atom. The predicted octanol–water partition coefficient (Wildman–Crippen LogP) is 1.74. The monoisotopic (exact) mass is 482 g/mol. The molecular formula is C22H35NaO8S. The summed E-state index contributed by atoms with van der Waals surface area (Å²) in [6.45, 7) is 6.24. The Kier molecular flexibility index (Phi) is 20.0. The predicted molar refractivity (Wildman–Crippen MR) is 119 cm³/mol. The van der Waals surface area contributed by atoms with Crippen LogP contribution in [-0.2, 0) is 26.1 Å². The number of carbonyl (C=O) groups is 2. The second-order valence-corrected chi connectivity index (χ2v) is 8.71. The van der Waals surface area contributed by atoms with Crippen molar-refractivity contribution in [3.8, 4) is 5.75 Å². The number of carboxylic acid groups (broad SMARTS) is 2. The van der Waals surface area contributed by atoms with Crippen LogP contribution in [0.25, 0.3) is 0 Å². The van der Waals surface area contributed by atoms with Crippen LogP contribution in [0.4, 0.5) is 0 Å². The smallest absolute Gasteiger partial charge is 0.662 e. The summed E-state index contributed by atoms with van der Waals surface area (Å²) in [5.74, 6) is -2.46. The molecule has 0 radical (unpaired) electrons. The standard InChI is InChI=1S/C18H29O.C4H6O7S.Na/c1-3-5-6-7-8-9-10-13-17-14-11-12-15-18(17)19-16-4-2;5-3(6)1-2(4(7)8)12(9,10)11;/h11-12,14-16H,3-10,13H2,1-2H3;2H,1H2,(H,5,6)(H,7,8)(H,9,10,11);/q-1;;+1. The summed E-state index contributed by atoms with van der Waals surface area (Å²) in [6.07, 6.45) is 10.5. The SMILES string of the molecule is CC[CH-]Oc1ccccc1CCCCCCCCC.O=C(O)CC(C(=O)O)S(=O)(=O)O.[Na+]. The number of carboxylic acids is 2. The van der Waals surface area contributed by atoms with E-state index >= 15 is 0 Å². The molecule has 1 aromatic rings. The van der Waals surface area contributed by atoms with Crippen LogP contribution in [-0.4, -0.2) is 40.4 Å². The Hall–Kier alpha value is -1.13. The number of para-hydroxylation sites is 1. The van der Waals surface area contributed by atoms with Gasteiger partial charge in [0, 0.05) is 0 Å². The number of aliphatic carboxylic acids is 2. The van der Waals surface area contributed by atoms with Crippen LogP contribution >= 0.6 is 0 Å². The molecule has 0 amide bonds. The molecule has 0 heterocycles. The van der Waals surface area contributed by atoms with Gasteiger partial charge in [-0.05, 0) is 24.5 Å². The third-order valence-electron chi connectivity index (χ3n) is 4.39. The minimum Gasteiger partial charge on any atom is -0.662 e. The summed E-state index contributed by atoms with van der Waals surface area (Å²) < 4.78 is 34.3. The van der Waals surface area contributed by atoms with Crippen molar-refractivity contribution in [3.63, 3.8) is 0 Å². The van der Waals surface area contributed by atoms with E-state index in [1.54, 1.807) is 0 Å². The van der Waals surface area contributed by atoms with E-state index in [9.17, 15) is 18.0 Å². The first kappa shape index (κ1) is 33.0. The maximum absolute atomic E-state index is 10.2. The Bertz CT molecular complexity index is 752. The summed E-state index contributed by atoms with van der Waals surface area (Å²) in [4.78, 5) is 20.0. The zero-order valence-corrected chi connectivity index (χ0v) is 22.1. The minimum absolute atomic E-state index is 0. The molecule has 0 aliphatic rings. The van der Waals surface area contributed by atoms with Crippen LogP contribution in [0.1, 0.15) is 77.2 Å². The minimum atomic E-state index is -4.84. The van der Waals surface area contributed by atoms with Crippen LogP contribution < -0.4 is 34.3 Å². The van der Waals surface area contributed by atoms with Gasteiger partial charge in [0.2, 0.25) is 0 Å². The molecule has 0 saturated heterocycles. The number of hydrogen-bond donors (Lipinski definition) is 3. The van der Waals surface area contributed by atoms with Crippen LogP contribution in [0.15, 0.2) is 24.3 Å². The second-order valence-electron chi connectivity index (χ2n) is 7.11. The fourth-order valence-corrected chi connectivity index (χ4v) is 3.36. The van der Waals surface area contributed by atoms with E-state index in [1.165, 1.54) is 50.5 Å². The van der Waals surface area contributed by atoms with Crippen LogP contribution in [0.5, 0.6) is 5.75 Å². The number of unbranched alkanes of at least 4 members (excludes halogenated alkanes) is 6. The van der Waals surface area contributed by atoms with Crippen LogP contribution in [0, 0.1) is 6.61 Å². The van der Waals surface area contributed by atoms with Crippen molar-refractivity contribution in [2.24, 2.45) is 0 Å². The van der Waals surface area contributed by atoms with Crippen molar-refractivity contribution < 1.29 is 67.1 Å². The van der Waals surface area contributed by atoms with Gasteiger partial charge in [0.25, 0.3) is 10.1 Å². The molecule has 0 spiro atoms. The third-order valence-corrected chi connectivity index (χ3v) is 5.48. The van der Waals surface area contributed by atoms with Crippen molar-refractivity contribution in [2.75, 3.05) is 0 Å². The van der Waals surface area contributed by atoms with Crippen LogP contribution in [0.3, 0.4) is 0 Å². The largest absolute Gasteiger partial charge is 1.00 e. The van der Waals surface area contributed by atoms with E-state index in [4.69, 9.17) is 19.5 Å². The molecule has 1 unspecified atom stereocenters. The van der Waals surface area contributed by atoms with Gasteiger partial charge >= 0.3 is 41.5 Å². The maximum Gasteiger partial charge on any atom is 1.00 e. The molecular weight excluding hydrogens is 447 g/mol. The van der Waals surface area contributed by atoms with Gasteiger partial charge in [0.15, 0.2) is 5.25 Å². The molecule has 0 bridgehead atoms. The third kappa shape index (κ3) is 16.5. The van der Waals surface area contributed by atoms with E-state index < -0.39 is 33.7 Å². The summed E-state index contributed by atoms with van der Waals surface area (Å²) >= 11 is 0. The molecule has 0 fully saturated rings. The van der Waals surface area contributed by atoms with Crippen molar-refractivity contribution in [1.82, 2.24) is 0 Å². The van der Waals surface area contributed by atoms with Gasteiger partial charge in [0.05, 0.1) is 12.2 Å². The first-order valence-corrected chi connectivity index (χ1v) is 12.1. The summed E-state index contributed by atoms with van der Waals surface area (Å²) in [6, 6.07) is 8.42. The van der Waals surface area contributed by atoms with Gasteiger partial charge in [-0.25, -0.2) is 0 Å². The Labute approximate surface area is 213 Å². The maximum atomic E-state index is 10.2. The van der Waals surface area contributed by atoms with Crippen molar-refractivity contribution in [3.05, 3.63) is 36.4 Å². The molecule has 1 aromatic carbocycles. The van der Waals surface area contributed by atoms with E-state index in [0.717, 1.165) is 18.6 Å². The number of ether oxygens (including phenoxy) is 1. The van der Waals surface area contributed by atoms with Crippen molar-refractivity contribution in [2.45, 2.75) is 83.3 Å². The number of hydrogen-bond acceptors (Lipinski definition) is 5. The van der Waals surface area contributed by atoms with E-state index in [-0.39, 0.29) is 29.6 Å². The first-order chi connectivity index (χ1) is 14.6. The fourth-order valence-electron chi connectivity index (χ4n) is 2.75. The quantitative estimate of drug-likeness (QED) is 0.149. The zero-order chi connectivity index (χ0) is 23.7. The fraction of sp³-hybridized carbons (Fsp3) is 0.591. The Morgan fingerprint density at radius 3 is 2.03 bits per heavy atom. The van der Waals surface area contributed by atoms with Crippen molar-refractivity contribution >= 4 is 22.1 Å². The van der Waals surface area contributed by atoms with Gasteiger partial charge in [-0.3, -0.25) is 14.1 Å². The summed E-state index contributed by atoms with van der Waals surface area (Å²) in [5.41, 5.74) is 1.35.